The number of nitrogens with one attached hydrogen (secondary N) is 1. The minimum Gasteiger partial charge on any atom is -0.348 e. The Kier molecular flexibility index (Phi) is 4.08. The number of hydrogen-bond donors (Lipinski definition) is 1. The zero-order valence-corrected chi connectivity index (χ0v) is 13.6. The van der Waals surface area contributed by atoms with Crippen LogP contribution in [0, 0.1) is 12.8 Å². The lowest BCUT2D eigenvalue weighted by molar-refractivity contribution is -0.140. The molecule has 2 aromatic rings. The van der Waals surface area contributed by atoms with Crippen molar-refractivity contribution >= 4 is 27.5 Å². The molecule has 2 aromatic heterocycles. The summed E-state index contributed by atoms with van der Waals surface area (Å²) in [6, 6.07) is 2.50. The van der Waals surface area contributed by atoms with Crippen molar-refractivity contribution in [2.75, 3.05) is 0 Å². The first-order chi connectivity index (χ1) is 10.8. The number of fused-ring (bicyclic) bond motifs is 1. The summed E-state index contributed by atoms with van der Waals surface area (Å²) in [5, 5.41) is 3.62. The largest absolute Gasteiger partial charge is 0.433 e. The molecule has 1 N–H and O–H groups in total. The molecule has 2 unspecified atom stereocenters. The van der Waals surface area contributed by atoms with Crippen LogP contribution in [0.1, 0.15) is 47.1 Å². The standard InChI is InChI=1S/C16H17F3N2OS/c1-8-4-3-5-11(8)20-14(22)13-9(2)10-6-7-12(16(17,18)19)21-15(10)23-13/h6-8,11H,3-5H2,1-2H3,(H,20,22). The fourth-order valence-corrected chi connectivity index (χ4v) is 4.15. The molecular formula is C16H17F3N2OS. The fourth-order valence-electron chi connectivity index (χ4n) is 3.07. The molecule has 1 fully saturated rings. The molecule has 0 saturated heterocycles. The molecule has 2 heterocycles. The number of aromatic nitrogens is 1. The van der Waals surface area contributed by atoms with Gasteiger partial charge in [0.05, 0.1) is 4.88 Å². The Morgan fingerprint density at radius 1 is 1.35 bits per heavy atom. The summed E-state index contributed by atoms with van der Waals surface area (Å²) >= 11 is 1.02. The molecule has 1 amide bonds. The van der Waals surface area contributed by atoms with Crippen LogP contribution in [-0.4, -0.2) is 16.9 Å². The molecule has 0 aromatic carbocycles. The third-order valence-electron chi connectivity index (χ3n) is 4.48. The maximum atomic E-state index is 12.8. The first-order valence-corrected chi connectivity index (χ1v) is 8.37. The second-order valence-corrected chi connectivity index (χ2v) is 7.09. The van der Waals surface area contributed by atoms with Gasteiger partial charge in [-0.05, 0) is 43.4 Å². The number of alkyl halides is 3. The second kappa shape index (κ2) is 5.78. The Balaban J connectivity index is 1.92. The van der Waals surface area contributed by atoms with Crippen LogP contribution in [-0.2, 0) is 6.18 Å². The molecule has 3 nitrogen and oxygen atoms in total. The average Bonchev–Trinajstić information content (AvgIpc) is 3.02. The molecule has 7 heteroatoms. The van der Waals surface area contributed by atoms with E-state index in [0.29, 0.717) is 21.7 Å². The average molecular weight is 342 g/mol. The third-order valence-corrected chi connectivity index (χ3v) is 5.68. The van der Waals surface area contributed by atoms with Gasteiger partial charge < -0.3 is 5.32 Å². The first kappa shape index (κ1) is 16.2. The third kappa shape index (κ3) is 3.06. The molecule has 1 aliphatic rings. The van der Waals surface area contributed by atoms with Gasteiger partial charge in [0.15, 0.2) is 0 Å². The second-order valence-electron chi connectivity index (χ2n) is 6.09. The summed E-state index contributed by atoms with van der Waals surface area (Å²) in [5.74, 6) is 0.224. The highest BCUT2D eigenvalue weighted by molar-refractivity contribution is 7.20. The number of amides is 1. The Hall–Kier alpha value is -1.63. The number of thiophene rings is 1. The van der Waals surface area contributed by atoms with E-state index < -0.39 is 11.9 Å². The van der Waals surface area contributed by atoms with E-state index in [9.17, 15) is 18.0 Å². The van der Waals surface area contributed by atoms with E-state index >= 15 is 0 Å². The molecule has 0 spiro atoms. The minimum atomic E-state index is -4.48. The van der Waals surface area contributed by atoms with Gasteiger partial charge >= 0.3 is 6.18 Å². The zero-order chi connectivity index (χ0) is 16.8. The summed E-state index contributed by atoms with van der Waals surface area (Å²) in [5.41, 5.74) is -0.239. The number of rotatable bonds is 2. The zero-order valence-electron chi connectivity index (χ0n) is 12.8. The fraction of sp³-hybridized carbons (Fsp3) is 0.500. The monoisotopic (exact) mass is 342 g/mol. The van der Waals surface area contributed by atoms with Crippen molar-refractivity contribution in [3.05, 3.63) is 28.3 Å². The number of carbonyl (C=O) groups excluding carboxylic acids is 1. The molecule has 23 heavy (non-hydrogen) atoms. The first-order valence-electron chi connectivity index (χ1n) is 7.55. The maximum Gasteiger partial charge on any atom is 0.433 e. The maximum absolute atomic E-state index is 12.8. The lowest BCUT2D eigenvalue weighted by atomic mass is 10.1. The summed E-state index contributed by atoms with van der Waals surface area (Å²) in [7, 11) is 0. The number of halogens is 3. The van der Waals surface area contributed by atoms with Crippen molar-refractivity contribution in [3.8, 4) is 0 Å². The lowest BCUT2D eigenvalue weighted by Crippen LogP contribution is -2.36. The van der Waals surface area contributed by atoms with Crippen LogP contribution in [0.25, 0.3) is 10.2 Å². The van der Waals surface area contributed by atoms with Crippen molar-refractivity contribution in [2.45, 2.75) is 45.3 Å². The van der Waals surface area contributed by atoms with Gasteiger partial charge in [0.25, 0.3) is 5.91 Å². The Morgan fingerprint density at radius 2 is 2.09 bits per heavy atom. The van der Waals surface area contributed by atoms with E-state index in [1.54, 1.807) is 6.92 Å². The molecular weight excluding hydrogens is 325 g/mol. The quantitative estimate of drug-likeness (QED) is 0.870. The van der Waals surface area contributed by atoms with E-state index in [1.165, 1.54) is 6.07 Å². The number of nitrogens with zero attached hydrogens (tertiary/aromatic N) is 1. The van der Waals surface area contributed by atoms with Gasteiger partial charge in [-0.3, -0.25) is 4.79 Å². The molecule has 0 bridgehead atoms. The molecule has 0 radical (unpaired) electrons. The van der Waals surface area contributed by atoms with Crippen molar-refractivity contribution in [3.63, 3.8) is 0 Å². The van der Waals surface area contributed by atoms with Crippen molar-refractivity contribution in [1.82, 2.24) is 10.3 Å². The van der Waals surface area contributed by atoms with Crippen molar-refractivity contribution in [1.29, 1.82) is 0 Å². The van der Waals surface area contributed by atoms with Gasteiger partial charge in [0.1, 0.15) is 10.5 Å². The van der Waals surface area contributed by atoms with Crippen LogP contribution >= 0.6 is 11.3 Å². The topological polar surface area (TPSA) is 42.0 Å². The number of hydrogen-bond acceptors (Lipinski definition) is 3. The Morgan fingerprint density at radius 3 is 2.70 bits per heavy atom. The highest BCUT2D eigenvalue weighted by Gasteiger charge is 2.33. The number of carbonyl (C=O) groups is 1. The highest BCUT2D eigenvalue weighted by atomic mass is 32.1. The predicted molar refractivity (Wildman–Crippen MR) is 83.6 cm³/mol. The van der Waals surface area contributed by atoms with Gasteiger partial charge in [-0.1, -0.05) is 13.3 Å². The summed E-state index contributed by atoms with van der Waals surface area (Å²) in [6.07, 6.45) is -1.35. The van der Waals surface area contributed by atoms with Crippen LogP contribution in [0.2, 0.25) is 0 Å². The summed E-state index contributed by atoms with van der Waals surface area (Å²) in [4.78, 5) is 16.8. The van der Waals surface area contributed by atoms with E-state index in [2.05, 4.69) is 17.2 Å². The molecule has 124 valence electrons. The van der Waals surface area contributed by atoms with Crippen LogP contribution in [0.3, 0.4) is 0 Å². The van der Waals surface area contributed by atoms with E-state index in [-0.39, 0.29) is 16.8 Å². The van der Waals surface area contributed by atoms with Gasteiger partial charge in [-0.2, -0.15) is 13.2 Å². The molecule has 1 saturated carbocycles. The van der Waals surface area contributed by atoms with Crippen LogP contribution in [0.5, 0.6) is 0 Å². The van der Waals surface area contributed by atoms with Crippen LogP contribution < -0.4 is 5.32 Å². The van der Waals surface area contributed by atoms with Gasteiger partial charge in [0, 0.05) is 11.4 Å². The van der Waals surface area contributed by atoms with Crippen LogP contribution in [0.15, 0.2) is 12.1 Å². The molecule has 2 atom stereocenters. The minimum absolute atomic E-state index is 0.144. The Bertz CT molecular complexity index is 754. The van der Waals surface area contributed by atoms with Crippen molar-refractivity contribution in [2.24, 2.45) is 5.92 Å². The smallest absolute Gasteiger partial charge is 0.348 e. The predicted octanol–water partition coefficient (Wildman–Crippen LogP) is 4.54. The van der Waals surface area contributed by atoms with E-state index in [1.807, 2.05) is 0 Å². The molecule has 3 rings (SSSR count). The molecule has 1 aliphatic carbocycles. The summed E-state index contributed by atoms with van der Waals surface area (Å²) < 4.78 is 38.3. The summed E-state index contributed by atoms with van der Waals surface area (Å²) in [6.45, 7) is 3.85. The molecule has 0 aliphatic heterocycles. The van der Waals surface area contributed by atoms with E-state index in [0.717, 1.165) is 36.7 Å². The lowest BCUT2D eigenvalue weighted by Gasteiger charge is -2.16. The SMILES string of the molecule is Cc1c(C(=O)NC2CCCC2C)sc2nc(C(F)(F)F)ccc12. The van der Waals surface area contributed by atoms with Gasteiger partial charge in [-0.15, -0.1) is 11.3 Å². The number of aryl methyl sites for hydroxylation is 1. The number of pyridine rings is 1. The van der Waals surface area contributed by atoms with Crippen LogP contribution in [0.4, 0.5) is 13.2 Å². The van der Waals surface area contributed by atoms with E-state index in [4.69, 9.17) is 0 Å². The van der Waals surface area contributed by atoms with Gasteiger partial charge in [0.2, 0.25) is 0 Å². The highest BCUT2D eigenvalue weighted by Crippen LogP contribution is 2.34. The van der Waals surface area contributed by atoms with Gasteiger partial charge in [-0.25, -0.2) is 4.98 Å². The van der Waals surface area contributed by atoms with Crippen molar-refractivity contribution < 1.29 is 18.0 Å². The Labute approximate surface area is 135 Å². The normalized spacial score (nSPS) is 21.8.